The van der Waals surface area contributed by atoms with E-state index in [1.165, 1.54) is 0 Å². The highest BCUT2D eigenvalue weighted by molar-refractivity contribution is 5.82. The van der Waals surface area contributed by atoms with Crippen LogP contribution < -0.4 is 5.32 Å². The smallest absolute Gasteiger partial charge is 0.326 e. The molecule has 0 aromatic rings. The number of likely N-dealkylation sites (tertiary alicyclic amines) is 1. The van der Waals surface area contributed by atoms with Crippen molar-refractivity contribution in [1.82, 2.24) is 15.1 Å². The van der Waals surface area contributed by atoms with Crippen LogP contribution in [-0.4, -0.2) is 79.9 Å². The van der Waals surface area contributed by atoms with Crippen LogP contribution in [0.1, 0.15) is 25.7 Å². The average molecular weight is 301 g/mol. The average Bonchev–Trinajstić information content (AvgIpc) is 2.45. The van der Waals surface area contributed by atoms with Gasteiger partial charge in [0, 0.05) is 33.4 Å². The fourth-order valence-corrected chi connectivity index (χ4v) is 2.56. The largest absolute Gasteiger partial charge is 0.480 e. The van der Waals surface area contributed by atoms with Crippen molar-refractivity contribution in [3.8, 4) is 0 Å². The Morgan fingerprint density at radius 1 is 1.52 bits per heavy atom. The Morgan fingerprint density at radius 3 is 2.81 bits per heavy atom. The molecule has 0 spiro atoms. The number of rotatable bonds is 7. The molecule has 21 heavy (non-hydrogen) atoms. The molecule has 1 heterocycles. The molecule has 0 aliphatic carbocycles. The topological polar surface area (TPSA) is 82.1 Å². The third-order valence-corrected chi connectivity index (χ3v) is 3.90. The molecule has 7 heteroatoms. The first-order valence-corrected chi connectivity index (χ1v) is 7.39. The number of urea groups is 1. The molecule has 0 bridgehead atoms. The lowest BCUT2D eigenvalue weighted by molar-refractivity contribution is -0.139. The van der Waals surface area contributed by atoms with Crippen LogP contribution >= 0.6 is 0 Å². The van der Waals surface area contributed by atoms with E-state index < -0.39 is 12.0 Å². The van der Waals surface area contributed by atoms with Gasteiger partial charge in [-0.2, -0.15) is 0 Å². The van der Waals surface area contributed by atoms with E-state index in [-0.39, 0.29) is 12.1 Å². The minimum Gasteiger partial charge on any atom is -0.480 e. The van der Waals surface area contributed by atoms with E-state index >= 15 is 0 Å². The summed E-state index contributed by atoms with van der Waals surface area (Å²) in [7, 11) is 5.33. The number of carboxylic acids is 1. The standard InChI is InChI=1S/C14H27N3O4/c1-16-8-4-6-11(10-16)17(2)14(20)15-12(13(18)19)7-5-9-21-3/h11-12H,4-10H2,1-3H3,(H,15,20)(H,18,19). The molecule has 0 aromatic carbocycles. The minimum atomic E-state index is -1.01. The Morgan fingerprint density at radius 2 is 2.24 bits per heavy atom. The number of aliphatic carboxylic acids is 1. The molecule has 2 N–H and O–H groups in total. The summed E-state index contributed by atoms with van der Waals surface area (Å²) in [5.41, 5.74) is 0. The second-order valence-electron chi connectivity index (χ2n) is 5.64. The van der Waals surface area contributed by atoms with Crippen LogP contribution in [0.25, 0.3) is 0 Å². The number of amides is 2. The number of methoxy groups -OCH3 is 1. The first-order chi connectivity index (χ1) is 9.95. The van der Waals surface area contributed by atoms with Crippen molar-refractivity contribution in [2.24, 2.45) is 0 Å². The minimum absolute atomic E-state index is 0.136. The van der Waals surface area contributed by atoms with Crippen LogP contribution in [0.15, 0.2) is 0 Å². The second-order valence-corrected chi connectivity index (χ2v) is 5.64. The number of carbonyl (C=O) groups is 2. The molecule has 1 aliphatic heterocycles. The summed E-state index contributed by atoms with van der Waals surface area (Å²) >= 11 is 0. The van der Waals surface area contributed by atoms with Crippen molar-refractivity contribution in [1.29, 1.82) is 0 Å². The van der Waals surface area contributed by atoms with E-state index in [4.69, 9.17) is 4.74 Å². The number of carbonyl (C=O) groups excluding carboxylic acids is 1. The third kappa shape index (κ3) is 5.89. The molecule has 1 aliphatic rings. The van der Waals surface area contributed by atoms with E-state index in [1.54, 1.807) is 19.1 Å². The number of nitrogens with zero attached hydrogens (tertiary/aromatic N) is 2. The van der Waals surface area contributed by atoms with Crippen LogP contribution in [-0.2, 0) is 9.53 Å². The molecule has 7 nitrogen and oxygen atoms in total. The maximum absolute atomic E-state index is 12.2. The van der Waals surface area contributed by atoms with Gasteiger partial charge in [0.1, 0.15) is 6.04 Å². The molecule has 1 saturated heterocycles. The molecule has 2 atom stereocenters. The fourth-order valence-electron chi connectivity index (χ4n) is 2.56. The zero-order chi connectivity index (χ0) is 15.8. The summed E-state index contributed by atoms with van der Waals surface area (Å²) in [4.78, 5) is 27.2. The predicted octanol–water partition coefficient (Wildman–Crippen LogP) is 0.602. The van der Waals surface area contributed by atoms with Gasteiger partial charge >= 0.3 is 12.0 Å². The van der Waals surface area contributed by atoms with Gasteiger partial charge in [-0.15, -0.1) is 0 Å². The molecule has 2 unspecified atom stereocenters. The summed E-state index contributed by atoms with van der Waals surface area (Å²) in [5, 5.41) is 11.8. The van der Waals surface area contributed by atoms with Crippen LogP contribution in [0, 0.1) is 0 Å². The van der Waals surface area contributed by atoms with E-state index in [2.05, 4.69) is 10.2 Å². The van der Waals surface area contributed by atoms with Gasteiger partial charge in [0.05, 0.1) is 0 Å². The van der Waals surface area contributed by atoms with Gasteiger partial charge in [0.25, 0.3) is 0 Å². The number of hydrogen-bond donors (Lipinski definition) is 2. The Hall–Kier alpha value is -1.34. The summed E-state index contributed by atoms with van der Waals surface area (Å²) in [6.45, 7) is 2.36. The lowest BCUT2D eigenvalue weighted by Gasteiger charge is -2.36. The molecular formula is C14H27N3O4. The number of carboxylic acid groups (broad SMARTS) is 1. The Kier molecular flexibility index (Phi) is 7.45. The third-order valence-electron chi connectivity index (χ3n) is 3.90. The van der Waals surface area contributed by atoms with Crippen LogP contribution in [0.3, 0.4) is 0 Å². The number of piperidine rings is 1. The predicted molar refractivity (Wildman–Crippen MR) is 79.3 cm³/mol. The van der Waals surface area contributed by atoms with Gasteiger partial charge in [0.2, 0.25) is 0 Å². The molecule has 1 rings (SSSR count). The normalized spacial score (nSPS) is 20.8. The summed E-state index contributed by atoms with van der Waals surface area (Å²) in [6.07, 6.45) is 2.97. The van der Waals surface area contributed by atoms with Crippen molar-refractivity contribution in [3.63, 3.8) is 0 Å². The molecule has 0 aromatic heterocycles. The Balaban J connectivity index is 2.49. The molecular weight excluding hydrogens is 274 g/mol. The van der Waals surface area contributed by atoms with Gasteiger partial charge in [-0.3, -0.25) is 0 Å². The van der Waals surface area contributed by atoms with Crippen molar-refractivity contribution < 1.29 is 19.4 Å². The number of likely N-dealkylation sites (N-methyl/N-ethyl adjacent to an activating group) is 2. The van der Waals surface area contributed by atoms with E-state index in [0.717, 1.165) is 25.9 Å². The maximum atomic E-state index is 12.2. The molecule has 0 radical (unpaired) electrons. The molecule has 0 saturated carbocycles. The lowest BCUT2D eigenvalue weighted by atomic mass is 10.1. The van der Waals surface area contributed by atoms with E-state index in [1.807, 2.05) is 7.05 Å². The van der Waals surface area contributed by atoms with Crippen molar-refractivity contribution in [3.05, 3.63) is 0 Å². The zero-order valence-electron chi connectivity index (χ0n) is 13.2. The quantitative estimate of drug-likeness (QED) is 0.673. The lowest BCUT2D eigenvalue weighted by Crippen LogP contribution is -2.53. The number of nitrogens with one attached hydrogen (secondary N) is 1. The summed E-state index contributed by atoms with van der Waals surface area (Å²) in [5.74, 6) is -1.01. The Labute approximate surface area is 126 Å². The van der Waals surface area contributed by atoms with Gasteiger partial charge in [-0.1, -0.05) is 0 Å². The van der Waals surface area contributed by atoms with Gasteiger partial charge < -0.3 is 25.0 Å². The van der Waals surface area contributed by atoms with Crippen molar-refractivity contribution >= 4 is 12.0 Å². The highest BCUT2D eigenvalue weighted by atomic mass is 16.5. The van der Waals surface area contributed by atoms with Gasteiger partial charge in [0.15, 0.2) is 0 Å². The number of ether oxygens (including phenoxy) is 1. The van der Waals surface area contributed by atoms with E-state index in [0.29, 0.717) is 19.4 Å². The number of hydrogen-bond acceptors (Lipinski definition) is 4. The monoisotopic (exact) mass is 301 g/mol. The second kappa shape index (κ2) is 8.84. The Bertz CT molecular complexity index is 351. The summed E-state index contributed by atoms with van der Waals surface area (Å²) in [6, 6.07) is -1.05. The van der Waals surface area contributed by atoms with Crippen LogP contribution in [0.5, 0.6) is 0 Å². The fraction of sp³-hybridized carbons (Fsp3) is 0.857. The van der Waals surface area contributed by atoms with Crippen molar-refractivity contribution in [2.75, 3.05) is 40.9 Å². The molecule has 122 valence electrons. The van der Waals surface area contributed by atoms with Crippen molar-refractivity contribution in [2.45, 2.75) is 37.8 Å². The maximum Gasteiger partial charge on any atom is 0.326 e. The van der Waals surface area contributed by atoms with Gasteiger partial charge in [-0.05, 0) is 39.3 Å². The van der Waals surface area contributed by atoms with Crippen LogP contribution in [0.2, 0.25) is 0 Å². The first kappa shape index (κ1) is 17.7. The van der Waals surface area contributed by atoms with E-state index in [9.17, 15) is 14.7 Å². The van der Waals surface area contributed by atoms with Crippen LogP contribution in [0.4, 0.5) is 4.79 Å². The van der Waals surface area contributed by atoms with Gasteiger partial charge in [-0.25, -0.2) is 9.59 Å². The zero-order valence-corrected chi connectivity index (χ0v) is 13.2. The first-order valence-electron chi connectivity index (χ1n) is 7.39. The molecule has 2 amide bonds. The highest BCUT2D eigenvalue weighted by Crippen LogP contribution is 2.13. The SMILES string of the molecule is COCCCC(NC(=O)N(C)C1CCCN(C)C1)C(=O)O. The highest BCUT2D eigenvalue weighted by Gasteiger charge is 2.27. The summed E-state index contributed by atoms with van der Waals surface area (Å²) < 4.78 is 4.91. The molecule has 1 fully saturated rings.